The van der Waals surface area contributed by atoms with Gasteiger partial charge in [-0.2, -0.15) is 0 Å². The minimum Gasteiger partial charge on any atom is -0.301 e. The molecule has 1 rings (SSSR count). The second kappa shape index (κ2) is 7.20. The number of hydrazine groups is 1. The van der Waals surface area contributed by atoms with Gasteiger partial charge in [0, 0.05) is 26.2 Å². The zero-order valence-electron chi connectivity index (χ0n) is 10.4. The van der Waals surface area contributed by atoms with Gasteiger partial charge in [0.2, 0.25) is 0 Å². The largest absolute Gasteiger partial charge is 0.301 e. The van der Waals surface area contributed by atoms with Crippen LogP contribution in [0, 0.1) is 5.92 Å². The summed E-state index contributed by atoms with van der Waals surface area (Å²) in [5.41, 5.74) is 0. The first kappa shape index (κ1) is 12.9. The summed E-state index contributed by atoms with van der Waals surface area (Å²) in [6, 6.07) is 0. The summed E-state index contributed by atoms with van der Waals surface area (Å²) in [6.07, 6.45) is 5.53. The van der Waals surface area contributed by atoms with Gasteiger partial charge in [-0.15, -0.1) is 0 Å². The molecule has 2 N–H and O–H groups in total. The smallest absolute Gasteiger partial charge is 0.0257 e. The fourth-order valence-electron chi connectivity index (χ4n) is 2.05. The number of nitrogens with two attached hydrogens (primary N) is 1. The van der Waals surface area contributed by atoms with E-state index < -0.39 is 0 Å². The Morgan fingerprint density at radius 3 is 2.27 bits per heavy atom. The highest BCUT2D eigenvalue weighted by atomic mass is 15.4. The van der Waals surface area contributed by atoms with E-state index in [-0.39, 0.29) is 0 Å². The predicted molar refractivity (Wildman–Crippen MR) is 65.5 cm³/mol. The standard InChI is InChI=1S/C12H27N3/c1-12(2)6-4-3-5-7-14-8-10-15(13)11-9-14/h12H,3-11,13H2,1-2H3. The highest BCUT2D eigenvalue weighted by molar-refractivity contribution is 4.67. The second-order valence-corrected chi connectivity index (χ2v) is 5.12. The lowest BCUT2D eigenvalue weighted by atomic mass is 10.1. The van der Waals surface area contributed by atoms with Crippen LogP contribution in [0.25, 0.3) is 0 Å². The lowest BCUT2D eigenvalue weighted by molar-refractivity contribution is 0.132. The molecule has 0 unspecified atom stereocenters. The molecule has 1 aliphatic heterocycles. The Labute approximate surface area is 94.6 Å². The van der Waals surface area contributed by atoms with E-state index in [0.29, 0.717) is 0 Å². The van der Waals surface area contributed by atoms with Gasteiger partial charge in [0.25, 0.3) is 0 Å². The molecule has 3 nitrogen and oxygen atoms in total. The van der Waals surface area contributed by atoms with Gasteiger partial charge < -0.3 is 4.90 Å². The molecule has 1 fully saturated rings. The molecule has 15 heavy (non-hydrogen) atoms. The third-order valence-corrected chi connectivity index (χ3v) is 3.16. The Balaban J connectivity index is 1.91. The van der Waals surface area contributed by atoms with Gasteiger partial charge >= 0.3 is 0 Å². The number of nitrogens with zero attached hydrogens (tertiary/aromatic N) is 2. The third-order valence-electron chi connectivity index (χ3n) is 3.16. The maximum absolute atomic E-state index is 5.71. The monoisotopic (exact) mass is 213 g/mol. The second-order valence-electron chi connectivity index (χ2n) is 5.12. The summed E-state index contributed by atoms with van der Waals surface area (Å²) in [5, 5.41) is 1.93. The Kier molecular flexibility index (Phi) is 6.22. The molecule has 1 aliphatic rings. The summed E-state index contributed by atoms with van der Waals surface area (Å²) < 4.78 is 0. The van der Waals surface area contributed by atoms with Crippen molar-refractivity contribution in [1.82, 2.24) is 9.91 Å². The van der Waals surface area contributed by atoms with E-state index in [1.807, 2.05) is 5.01 Å². The van der Waals surface area contributed by atoms with Gasteiger partial charge in [0.05, 0.1) is 0 Å². The Bertz CT molecular complexity index is 151. The molecule has 1 saturated heterocycles. The number of piperazine rings is 1. The average Bonchev–Trinajstić information content (AvgIpc) is 2.20. The van der Waals surface area contributed by atoms with Crippen LogP contribution >= 0.6 is 0 Å². The van der Waals surface area contributed by atoms with Crippen molar-refractivity contribution >= 4 is 0 Å². The molecule has 3 heteroatoms. The molecule has 0 aliphatic carbocycles. The van der Waals surface area contributed by atoms with E-state index >= 15 is 0 Å². The van der Waals surface area contributed by atoms with Gasteiger partial charge in [-0.05, 0) is 18.9 Å². The molecule has 90 valence electrons. The van der Waals surface area contributed by atoms with Gasteiger partial charge in [-0.1, -0.05) is 33.1 Å². The number of hydrogen-bond donors (Lipinski definition) is 1. The van der Waals surface area contributed by atoms with Crippen molar-refractivity contribution in [2.45, 2.75) is 39.5 Å². The summed E-state index contributed by atoms with van der Waals surface area (Å²) in [5.74, 6) is 6.58. The van der Waals surface area contributed by atoms with E-state index in [9.17, 15) is 0 Å². The summed E-state index contributed by atoms with van der Waals surface area (Å²) >= 11 is 0. The SMILES string of the molecule is CC(C)CCCCCN1CCN(N)CC1. The Morgan fingerprint density at radius 2 is 1.67 bits per heavy atom. The van der Waals surface area contributed by atoms with Gasteiger partial charge in [-0.25, -0.2) is 5.01 Å². The van der Waals surface area contributed by atoms with Crippen molar-refractivity contribution < 1.29 is 0 Å². The average molecular weight is 213 g/mol. The number of hydrogen-bond acceptors (Lipinski definition) is 3. The Hall–Kier alpha value is -0.120. The highest BCUT2D eigenvalue weighted by Gasteiger charge is 2.12. The number of unbranched alkanes of at least 4 members (excludes halogenated alkanes) is 2. The normalized spacial score (nSPS) is 20.0. The molecular formula is C12H27N3. The van der Waals surface area contributed by atoms with Crippen LogP contribution in [0.4, 0.5) is 0 Å². The van der Waals surface area contributed by atoms with Crippen LogP contribution in [0.3, 0.4) is 0 Å². The molecule has 0 saturated carbocycles. The quantitative estimate of drug-likeness (QED) is 0.538. The summed E-state index contributed by atoms with van der Waals surface area (Å²) in [6.45, 7) is 10.3. The minimum absolute atomic E-state index is 0.866. The molecule has 0 bridgehead atoms. The third kappa shape index (κ3) is 6.13. The van der Waals surface area contributed by atoms with Crippen molar-refractivity contribution in [3.63, 3.8) is 0 Å². The topological polar surface area (TPSA) is 32.5 Å². The van der Waals surface area contributed by atoms with Crippen LogP contribution < -0.4 is 5.84 Å². The maximum atomic E-state index is 5.71. The zero-order chi connectivity index (χ0) is 11.1. The first-order valence-electron chi connectivity index (χ1n) is 6.40. The van der Waals surface area contributed by atoms with Crippen LogP contribution in [0.2, 0.25) is 0 Å². The first-order valence-corrected chi connectivity index (χ1v) is 6.40. The van der Waals surface area contributed by atoms with Gasteiger partial charge in [0.15, 0.2) is 0 Å². The van der Waals surface area contributed by atoms with Crippen molar-refractivity contribution in [1.29, 1.82) is 0 Å². The van der Waals surface area contributed by atoms with Crippen molar-refractivity contribution in [3.8, 4) is 0 Å². The van der Waals surface area contributed by atoms with Crippen LogP contribution in [0.1, 0.15) is 39.5 Å². The minimum atomic E-state index is 0.866. The highest BCUT2D eigenvalue weighted by Crippen LogP contribution is 2.09. The fourth-order valence-corrected chi connectivity index (χ4v) is 2.05. The molecule has 0 aromatic heterocycles. The molecule has 0 radical (unpaired) electrons. The molecule has 1 heterocycles. The van der Waals surface area contributed by atoms with Crippen LogP contribution in [0.15, 0.2) is 0 Å². The molecule has 0 aromatic carbocycles. The van der Waals surface area contributed by atoms with Crippen molar-refractivity contribution in [2.24, 2.45) is 11.8 Å². The predicted octanol–water partition coefficient (Wildman–Crippen LogP) is 1.69. The van der Waals surface area contributed by atoms with E-state index in [1.54, 1.807) is 0 Å². The number of rotatable bonds is 6. The van der Waals surface area contributed by atoms with Crippen LogP contribution in [-0.2, 0) is 0 Å². The molecule has 0 aromatic rings. The lowest BCUT2D eigenvalue weighted by Crippen LogP contribution is -2.49. The van der Waals surface area contributed by atoms with E-state index in [1.165, 1.54) is 32.2 Å². The fraction of sp³-hybridized carbons (Fsp3) is 1.00. The van der Waals surface area contributed by atoms with Crippen molar-refractivity contribution in [2.75, 3.05) is 32.7 Å². The lowest BCUT2D eigenvalue weighted by Gasteiger charge is -2.31. The van der Waals surface area contributed by atoms with Gasteiger partial charge in [-0.3, -0.25) is 5.84 Å². The van der Waals surface area contributed by atoms with Crippen LogP contribution in [0.5, 0.6) is 0 Å². The molecule has 0 spiro atoms. The Morgan fingerprint density at radius 1 is 1.00 bits per heavy atom. The van der Waals surface area contributed by atoms with Crippen molar-refractivity contribution in [3.05, 3.63) is 0 Å². The first-order chi connectivity index (χ1) is 7.18. The van der Waals surface area contributed by atoms with Gasteiger partial charge in [0.1, 0.15) is 0 Å². The van der Waals surface area contributed by atoms with E-state index in [4.69, 9.17) is 5.84 Å². The molecular weight excluding hydrogens is 186 g/mol. The van der Waals surface area contributed by atoms with E-state index in [0.717, 1.165) is 32.1 Å². The summed E-state index contributed by atoms with van der Waals surface area (Å²) in [4.78, 5) is 2.54. The zero-order valence-corrected chi connectivity index (χ0v) is 10.4. The molecule has 0 atom stereocenters. The molecule has 0 amide bonds. The van der Waals surface area contributed by atoms with Crippen LogP contribution in [-0.4, -0.2) is 42.6 Å². The van der Waals surface area contributed by atoms with E-state index in [2.05, 4.69) is 18.7 Å². The summed E-state index contributed by atoms with van der Waals surface area (Å²) in [7, 11) is 0. The maximum Gasteiger partial charge on any atom is 0.0257 e.